The highest BCUT2D eigenvalue weighted by atomic mass is 14.6. The molecule has 1 heterocycles. The average molecular weight is 259 g/mol. The molecule has 0 saturated heterocycles. The lowest BCUT2D eigenvalue weighted by Gasteiger charge is -1.98. The van der Waals surface area contributed by atoms with Crippen LogP contribution in [0, 0.1) is 0 Å². The topological polar surface area (TPSA) is 12.9 Å². The van der Waals surface area contributed by atoms with E-state index in [1.807, 2.05) is 30.3 Å². The lowest BCUT2D eigenvalue weighted by atomic mass is 10.1. The summed E-state index contributed by atoms with van der Waals surface area (Å²) in [5.74, 6) is 0. The molecule has 1 nitrogen and oxygen atoms in total. The summed E-state index contributed by atoms with van der Waals surface area (Å²) in [6, 6.07) is 26.5. The molecule has 0 spiro atoms. The Morgan fingerprint density at radius 3 is 1.50 bits per heavy atom. The first-order valence-corrected chi connectivity index (χ1v) is 6.54. The molecule has 0 aliphatic rings. The van der Waals surface area contributed by atoms with Crippen molar-refractivity contribution in [2.75, 3.05) is 0 Å². The zero-order valence-corrected chi connectivity index (χ0v) is 11.3. The van der Waals surface area contributed by atoms with Crippen molar-refractivity contribution in [2.24, 2.45) is 0 Å². The van der Waals surface area contributed by atoms with Gasteiger partial charge in [0.05, 0.1) is 5.69 Å². The molecule has 0 bridgehead atoms. The number of nitrogens with zero attached hydrogens (tertiary/aromatic N) is 1. The Morgan fingerprint density at radius 1 is 0.650 bits per heavy atom. The third-order valence-electron chi connectivity index (χ3n) is 2.78. The second-order valence-electron chi connectivity index (χ2n) is 4.19. The molecule has 1 aromatic heterocycles. The van der Waals surface area contributed by atoms with E-state index in [9.17, 15) is 0 Å². The predicted molar refractivity (Wildman–Crippen MR) is 86.2 cm³/mol. The molecule has 20 heavy (non-hydrogen) atoms. The number of hydrogen-bond acceptors (Lipinski definition) is 1. The fourth-order valence-corrected chi connectivity index (χ4v) is 1.76. The van der Waals surface area contributed by atoms with Crippen LogP contribution in [0.15, 0.2) is 91.6 Å². The van der Waals surface area contributed by atoms with E-state index in [0.29, 0.717) is 0 Å². The average Bonchev–Trinajstić information content (AvgIpc) is 2.58. The van der Waals surface area contributed by atoms with E-state index < -0.39 is 0 Å². The van der Waals surface area contributed by atoms with E-state index in [0.717, 1.165) is 5.69 Å². The van der Waals surface area contributed by atoms with E-state index in [1.54, 1.807) is 12.3 Å². The smallest absolute Gasteiger partial charge is 0.0623 e. The second kappa shape index (κ2) is 7.70. The van der Waals surface area contributed by atoms with Crippen molar-refractivity contribution in [3.8, 4) is 11.1 Å². The lowest BCUT2D eigenvalue weighted by Crippen LogP contribution is -1.73. The summed E-state index contributed by atoms with van der Waals surface area (Å²) in [5.41, 5.74) is 3.48. The van der Waals surface area contributed by atoms with E-state index in [-0.39, 0.29) is 0 Å². The van der Waals surface area contributed by atoms with Gasteiger partial charge < -0.3 is 0 Å². The van der Waals surface area contributed by atoms with Gasteiger partial charge in [-0.15, -0.1) is 0 Å². The molecule has 0 aliphatic carbocycles. The maximum atomic E-state index is 3.98. The first-order chi connectivity index (χ1) is 9.90. The van der Waals surface area contributed by atoms with Gasteiger partial charge in [-0.05, 0) is 29.3 Å². The van der Waals surface area contributed by atoms with Crippen LogP contribution in [0.2, 0.25) is 0 Å². The van der Waals surface area contributed by atoms with E-state index in [4.69, 9.17) is 0 Å². The minimum absolute atomic E-state index is 0.924. The monoisotopic (exact) mass is 259 g/mol. The number of pyridine rings is 1. The third-order valence-corrected chi connectivity index (χ3v) is 2.78. The highest BCUT2D eigenvalue weighted by Crippen LogP contribution is 2.17. The number of aromatic nitrogens is 1. The highest BCUT2D eigenvalue weighted by Gasteiger charge is 1.91. The summed E-state index contributed by atoms with van der Waals surface area (Å²) in [6.07, 6.45) is 3.47. The Bertz CT molecular complexity index is 578. The van der Waals surface area contributed by atoms with Gasteiger partial charge in [0, 0.05) is 6.20 Å². The molecule has 3 rings (SSSR count). The summed E-state index contributed by atoms with van der Waals surface area (Å²) >= 11 is 0. The Hall–Kier alpha value is -2.67. The van der Waals surface area contributed by atoms with Crippen LogP contribution in [0.1, 0.15) is 5.69 Å². The van der Waals surface area contributed by atoms with E-state index in [2.05, 4.69) is 60.1 Å². The summed E-state index contributed by atoms with van der Waals surface area (Å²) in [4.78, 5) is 3.98. The molecule has 0 N–H and O–H groups in total. The largest absolute Gasteiger partial charge is 0.257 e. The van der Waals surface area contributed by atoms with Gasteiger partial charge in [0.15, 0.2) is 0 Å². The van der Waals surface area contributed by atoms with Gasteiger partial charge in [0.1, 0.15) is 0 Å². The summed E-state index contributed by atoms with van der Waals surface area (Å²) in [6.45, 7) is 3.57. The van der Waals surface area contributed by atoms with Crippen molar-refractivity contribution in [3.63, 3.8) is 0 Å². The maximum Gasteiger partial charge on any atom is 0.0623 e. The van der Waals surface area contributed by atoms with Crippen molar-refractivity contribution in [1.82, 2.24) is 4.98 Å². The Morgan fingerprint density at radius 2 is 1.15 bits per heavy atom. The molecule has 2 aromatic carbocycles. The van der Waals surface area contributed by atoms with Crippen molar-refractivity contribution in [1.29, 1.82) is 0 Å². The summed E-state index contributed by atoms with van der Waals surface area (Å²) < 4.78 is 0. The lowest BCUT2D eigenvalue weighted by molar-refractivity contribution is 1.30. The van der Waals surface area contributed by atoms with Crippen LogP contribution in [0.5, 0.6) is 0 Å². The molecular formula is C19H17N. The first kappa shape index (κ1) is 13.8. The Kier molecular flexibility index (Phi) is 5.29. The molecule has 0 fully saturated rings. The van der Waals surface area contributed by atoms with Crippen molar-refractivity contribution < 1.29 is 0 Å². The molecule has 0 aliphatic heterocycles. The van der Waals surface area contributed by atoms with Crippen LogP contribution < -0.4 is 0 Å². The predicted octanol–water partition coefficient (Wildman–Crippen LogP) is 5.08. The van der Waals surface area contributed by atoms with Crippen molar-refractivity contribution in [3.05, 3.63) is 97.3 Å². The second-order valence-corrected chi connectivity index (χ2v) is 4.19. The Labute approximate surface area is 120 Å². The fraction of sp³-hybridized carbons (Fsp3) is 0. The summed E-state index contributed by atoms with van der Waals surface area (Å²) in [5, 5.41) is 0. The van der Waals surface area contributed by atoms with Gasteiger partial charge in [-0.25, -0.2) is 0 Å². The zero-order chi connectivity index (χ0) is 14.0. The zero-order valence-electron chi connectivity index (χ0n) is 11.3. The van der Waals surface area contributed by atoms with Crippen molar-refractivity contribution in [2.45, 2.75) is 0 Å². The van der Waals surface area contributed by atoms with Crippen LogP contribution in [0.4, 0.5) is 0 Å². The molecular weight excluding hydrogens is 242 g/mol. The first-order valence-electron chi connectivity index (χ1n) is 6.54. The van der Waals surface area contributed by atoms with Gasteiger partial charge >= 0.3 is 0 Å². The maximum absolute atomic E-state index is 3.98. The minimum Gasteiger partial charge on any atom is -0.257 e. The van der Waals surface area contributed by atoms with Crippen LogP contribution in [-0.4, -0.2) is 4.98 Å². The molecule has 1 heteroatoms. The van der Waals surface area contributed by atoms with E-state index in [1.165, 1.54) is 11.1 Å². The number of hydrogen-bond donors (Lipinski definition) is 0. The quantitative estimate of drug-likeness (QED) is 0.625. The SMILES string of the molecule is C=Cc1ccccn1.c1ccc(-c2ccccc2)cc1. The number of rotatable bonds is 2. The van der Waals surface area contributed by atoms with Gasteiger partial charge in [-0.1, -0.05) is 73.3 Å². The molecule has 0 atom stereocenters. The molecule has 0 amide bonds. The molecule has 0 saturated carbocycles. The van der Waals surface area contributed by atoms with Crippen LogP contribution in [0.3, 0.4) is 0 Å². The third kappa shape index (κ3) is 4.21. The van der Waals surface area contributed by atoms with E-state index >= 15 is 0 Å². The van der Waals surface area contributed by atoms with Crippen molar-refractivity contribution >= 4 is 6.08 Å². The highest BCUT2D eigenvalue weighted by molar-refractivity contribution is 5.62. The molecule has 0 unspecified atom stereocenters. The van der Waals surface area contributed by atoms with Crippen LogP contribution >= 0.6 is 0 Å². The van der Waals surface area contributed by atoms with Gasteiger partial charge in [-0.2, -0.15) is 0 Å². The fourth-order valence-electron chi connectivity index (χ4n) is 1.76. The molecule has 3 aromatic rings. The Balaban J connectivity index is 0.000000160. The van der Waals surface area contributed by atoms with Gasteiger partial charge in [0.2, 0.25) is 0 Å². The van der Waals surface area contributed by atoms with Crippen LogP contribution in [-0.2, 0) is 0 Å². The van der Waals surface area contributed by atoms with Gasteiger partial charge in [-0.3, -0.25) is 4.98 Å². The molecule has 0 radical (unpaired) electrons. The van der Waals surface area contributed by atoms with Crippen LogP contribution in [0.25, 0.3) is 17.2 Å². The number of benzene rings is 2. The normalized spacial score (nSPS) is 9.20. The standard InChI is InChI=1S/C12H10.C7H7N/c1-3-7-11(8-4-1)12-9-5-2-6-10-12;1-2-7-5-3-4-6-8-7/h1-10H;2-6H,1H2. The van der Waals surface area contributed by atoms with Gasteiger partial charge in [0.25, 0.3) is 0 Å². The molecule has 98 valence electrons. The minimum atomic E-state index is 0.924. The summed E-state index contributed by atoms with van der Waals surface area (Å²) in [7, 11) is 0.